The molecule has 1 amide bonds. The van der Waals surface area contributed by atoms with Gasteiger partial charge in [-0.1, -0.05) is 6.07 Å². The quantitative estimate of drug-likeness (QED) is 0.373. The molecule has 1 aromatic carbocycles. The van der Waals surface area contributed by atoms with Crippen LogP contribution in [-0.2, 0) is 17.9 Å². The van der Waals surface area contributed by atoms with Gasteiger partial charge in [0.15, 0.2) is 0 Å². The van der Waals surface area contributed by atoms with E-state index < -0.39 is 0 Å². The first-order valence-electron chi connectivity index (χ1n) is 13.0. The minimum absolute atomic E-state index is 0.0446. The first-order chi connectivity index (χ1) is 18.0. The third-order valence-corrected chi connectivity index (χ3v) is 7.03. The van der Waals surface area contributed by atoms with Crippen molar-refractivity contribution in [3.63, 3.8) is 0 Å². The summed E-state index contributed by atoms with van der Waals surface area (Å²) in [6, 6.07) is 7.96. The van der Waals surface area contributed by atoms with Gasteiger partial charge in [0.25, 0.3) is 5.56 Å². The maximum Gasteiger partial charge on any atom is 0.255 e. The smallest absolute Gasteiger partial charge is 0.255 e. The number of H-pyrrole nitrogens is 1. The summed E-state index contributed by atoms with van der Waals surface area (Å²) in [5.41, 5.74) is 4.14. The number of nitrogens with one attached hydrogen (secondary N) is 2. The Morgan fingerprint density at radius 1 is 1.21 bits per heavy atom. The second kappa shape index (κ2) is 9.75. The Bertz CT molecular complexity index is 1540. The highest BCUT2D eigenvalue weighted by Gasteiger charge is 2.39. The molecule has 38 heavy (non-hydrogen) atoms. The average molecular weight is 517 g/mol. The fourth-order valence-corrected chi connectivity index (χ4v) is 5.36. The molecule has 0 bridgehead atoms. The Morgan fingerprint density at radius 3 is 2.74 bits per heavy atom. The molecule has 0 radical (unpaired) electrons. The van der Waals surface area contributed by atoms with Crippen LogP contribution in [0.4, 0.5) is 5.95 Å². The molecule has 10 heteroatoms. The van der Waals surface area contributed by atoms with Gasteiger partial charge in [-0.25, -0.2) is 4.98 Å². The topological polar surface area (TPSA) is 104 Å². The zero-order valence-electron chi connectivity index (χ0n) is 22.9. The average Bonchev–Trinajstić information content (AvgIpc) is 3.53. The number of carbonyl (C=O) groups excluding carboxylic acids is 1. The summed E-state index contributed by atoms with van der Waals surface area (Å²) in [5, 5.41) is 8.27. The Balaban J connectivity index is 1.44. The molecule has 0 aliphatic carbocycles. The highest BCUT2D eigenvalue weighted by atomic mass is 16.2. The van der Waals surface area contributed by atoms with Crippen LogP contribution in [0.5, 0.6) is 0 Å². The molecule has 200 valence electrons. The zero-order chi connectivity index (χ0) is 27.2. The lowest BCUT2D eigenvalue weighted by molar-refractivity contribution is -0.121. The van der Waals surface area contributed by atoms with Crippen molar-refractivity contribution in [2.45, 2.75) is 52.4 Å². The normalized spacial score (nSPS) is 14.6. The van der Waals surface area contributed by atoms with Crippen LogP contribution in [0.1, 0.15) is 27.7 Å². The second-order valence-corrected chi connectivity index (χ2v) is 11.2. The number of nitrogens with zero attached hydrogens (tertiary/aromatic N) is 6. The summed E-state index contributed by atoms with van der Waals surface area (Å²) in [5.74, 6) is 0.639. The van der Waals surface area contributed by atoms with Crippen LogP contribution < -0.4 is 15.8 Å². The molecule has 2 N–H and O–H groups in total. The number of aromatic nitrogens is 5. The molecular weight excluding hydrogens is 480 g/mol. The number of hydrogen-bond donors (Lipinski definition) is 2. The Kier molecular flexibility index (Phi) is 6.60. The van der Waals surface area contributed by atoms with Crippen LogP contribution in [0.2, 0.25) is 0 Å². The van der Waals surface area contributed by atoms with Crippen molar-refractivity contribution in [3.8, 4) is 22.4 Å². The van der Waals surface area contributed by atoms with Gasteiger partial charge < -0.3 is 20.1 Å². The SMILES string of the molecule is CC(C)N1c2nc(-c3c[nH]c4ccc(-c5cnn(CC(=O)NCCN(C)C)c5)cc34)cc(=O)n2CC1(C)C. The van der Waals surface area contributed by atoms with E-state index in [1.807, 2.05) is 43.5 Å². The largest absolute Gasteiger partial charge is 0.360 e. The standard InChI is InChI=1S/C28H36N8O2/c1-18(2)36-27-32-24(12-26(38)35(27)17-28(36,3)4)22-14-30-23-8-7-19(11-21(22)23)20-13-31-34(15-20)16-25(37)29-9-10-33(5)6/h7-8,11-15,18,30H,9-10,16-17H2,1-6H3,(H,29,37). The Morgan fingerprint density at radius 2 is 2.00 bits per heavy atom. The molecule has 10 nitrogen and oxygen atoms in total. The van der Waals surface area contributed by atoms with Gasteiger partial charge in [0.05, 0.1) is 24.0 Å². The van der Waals surface area contributed by atoms with Crippen LogP contribution in [-0.4, -0.2) is 73.9 Å². The van der Waals surface area contributed by atoms with Crippen LogP contribution in [0.3, 0.4) is 0 Å². The van der Waals surface area contributed by atoms with Gasteiger partial charge in [-0.05, 0) is 59.5 Å². The first kappa shape index (κ1) is 25.7. The predicted molar refractivity (Wildman–Crippen MR) is 150 cm³/mol. The molecule has 0 fully saturated rings. The maximum atomic E-state index is 13.1. The highest BCUT2D eigenvalue weighted by Crippen LogP contribution is 2.36. The van der Waals surface area contributed by atoms with E-state index in [2.05, 4.69) is 54.1 Å². The lowest BCUT2D eigenvalue weighted by Crippen LogP contribution is -2.45. The monoisotopic (exact) mass is 516 g/mol. The minimum Gasteiger partial charge on any atom is -0.360 e. The van der Waals surface area contributed by atoms with E-state index >= 15 is 0 Å². The fourth-order valence-electron chi connectivity index (χ4n) is 5.36. The summed E-state index contributed by atoms with van der Waals surface area (Å²) < 4.78 is 3.42. The third kappa shape index (κ3) is 4.83. The lowest BCUT2D eigenvalue weighted by Gasteiger charge is -2.35. The molecule has 5 rings (SSSR count). The summed E-state index contributed by atoms with van der Waals surface area (Å²) in [6.45, 7) is 10.7. The zero-order valence-corrected chi connectivity index (χ0v) is 22.9. The molecular formula is C28H36N8O2. The maximum absolute atomic E-state index is 13.1. The van der Waals surface area contributed by atoms with Gasteiger partial charge in [-0.15, -0.1) is 0 Å². The van der Waals surface area contributed by atoms with Crippen molar-refractivity contribution in [2.24, 2.45) is 0 Å². The number of hydrogen-bond acceptors (Lipinski definition) is 6. The molecule has 4 heterocycles. The summed E-state index contributed by atoms with van der Waals surface area (Å²) in [4.78, 5) is 38.0. The van der Waals surface area contributed by atoms with Crippen molar-refractivity contribution in [1.29, 1.82) is 0 Å². The van der Waals surface area contributed by atoms with Crippen molar-refractivity contribution in [3.05, 3.63) is 53.2 Å². The molecule has 0 unspecified atom stereocenters. The third-order valence-electron chi connectivity index (χ3n) is 7.03. The van der Waals surface area contributed by atoms with Gasteiger partial charge in [0.2, 0.25) is 11.9 Å². The second-order valence-electron chi connectivity index (χ2n) is 11.2. The van der Waals surface area contributed by atoms with Crippen molar-refractivity contribution < 1.29 is 4.79 Å². The van der Waals surface area contributed by atoms with Crippen molar-refractivity contribution in [2.75, 3.05) is 32.1 Å². The van der Waals surface area contributed by atoms with Crippen molar-refractivity contribution in [1.82, 2.24) is 34.5 Å². The summed E-state index contributed by atoms with van der Waals surface area (Å²) in [6.07, 6.45) is 5.56. The van der Waals surface area contributed by atoms with E-state index in [1.54, 1.807) is 21.5 Å². The number of carbonyl (C=O) groups is 1. The minimum atomic E-state index is -0.192. The molecule has 0 atom stereocenters. The Hall–Kier alpha value is -3.92. The van der Waals surface area contributed by atoms with Gasteiger partial charge >= 0.3 is 0 Å². The van der Waals surface area contributed by atoms with Gasteiger partial charge in [-0.2, -0.15) is 5.10 Å². The summed E-state index contributed by atoms with van der Waals surface area (Å²) in [7, 11) is 3.94. The molecule has 3 aromatic heterocycles. The summed E-state index contributed by atoms with van der Waals surface area (Å²) >= 11 is 0. The number of likely N-dealkylation sites (N-methyl/N-ethyl adjacent to an activating group) is 1. The van der Waals surface area contributed by atoms with Crippen LogP contribution in [0.25, 0.3) is 33.3 Å². The lowest BCUT2D eigenvalue weighted by atomic mass is 10.0. The van der Waals surface area contributed by atoms with Crippen LogP contribution in [0, 0.1) is 0 Å². The number of rotatable bonds is 8. The van der Waals surface area contributed by atoms with Crippen LogP contribution >= 0.6 is 0 Å². The van der Waals surface area contributed by atoms with E-state index in [0.717, 1.165) is 34.1 Å². The molecule has 0 spiro atoms. The number of aromatic amines is 1. The molecule has 1 aliphatic rings. The van der Waals surface area contributed by atoms with Crippen LogP contribution in [0.15, 0.2) is 47.7 Å². The van der Waals surface area contributed by atoms with Gasteiger partial charge in [0.1, 0.15) is 6.54 Å². The number of anilines is 1. The Labute approximate surface area is 222 Å². The number of benzene rings is 1. The van der Waals surface area contributed by atoms with E-state index in [4.69, 9.17) is 4.98 Å². The number of amides is 1. The number of fused-ring (bicyclic) bond motifs is 2. The molecule has 0 saturated heterocycles. The van der Waals surface area contributed by atoms with E-state index in [-0.39, 0.29) is 29.6 Å². The molecule has 0 saturated carbocycles. The van der Waals surface area contributed by atoms with E-state index in [0.29, 0.717) is 24.7 Å². The molecule has 4 aromatic rings. The first-order valence-corrected chi connectivity index (χ1v) is 13.0. The predicted octanol–water partition coefficient (Wildman–Crippen LogP) is 2.94. The van der Waals surface area contributed by atoms with Gasteiger partial charge in [0, 0.05) is 59.6 Å². The molecule has 1 aliphatic heterocycles. The highest BCUT2D eigenvalue weighted by molar-refractivity contribution is 5.97. The van der Waals surface area contributed by atoms with E-state index in [9.17, 15) is 9.59 Å². The van der Waals surface area contributed by atoms with Crippen molar-refractivity contribution >= 4 is 22.8 Å². The van der Waals surface area contributed by atoms with E-state index in [1.165, 1.54) is 0 Å². The van der Waals surface area contributed by atoms with Gasteiger partial charge in [-0.3, -0.25) is 18.8 Å². The fraction of sp³-hybridized carbons (Fsp3) is 0.429.